The molecule has 0 bridgehead atoms. The van der Waals surface area contributed by atoms with Crippen LogP contribution in [0.3, 0.4) is 0 Å². The molecule has 6 heteroatoms. The molecular formula is C63H59BN2O3. The van der Waals surface area contributed by atoms with Gasteiger partial charge in [0.15, 0.2) is 0 Å². The van der Waals surface area contributed by atoms with E-state index in [0.717, 1.165) is 89.6 Å². The first-order valence-corrected chi connectivity index (χ1v) is 24.6. The minimum absolute atomic E-state index is 0.00897. The molecule has 0 saturated heterocycles. The highest BCUT2D eigenvalue weighted by Gasteiger charge is 2.47. The van der Waals surface area contributed by atoms with Crippen molar-refractivity contribution in [2.24, 2.45) is 0 Å². The van der Waals surface area contributed by atoms with Crippen LogP contribution in [0.4, 0.5) is 34.3 Å². The molecule has 2 aliphatic heterocycles. The van der Waals surface area contributed by atoms with Crippen molar-refractivity contribution in [3.05, 3.63) is 172 Å². The quantitative estimate of drug-likeness (QED) is 0.161. The second kappa shape index (κ2) is 15.2. The summed E-state index contributed by atoms with van der Waals surface area (Å²) in [5, 5.41) is 3.34. The smallest absolute Gasteiger partial charge is 0.257 e. The minimum Gasteiger partial charge on any atom is -0.456 e. The van der Waals surface area contributed by atoms with Crippen LogP contribution in [0.15, 0.2) is 147 Å². The number of para-hydroxylation sites is 2. The third-order valence-corrected chi connectivity index (χ3v) is 15.0. The van der Waals surface area contributed by atoms with Crippen LogP contribution in [0.25, 0.3) is 55.6 Å². The Labute approximate surface area is 406 Å². The van der Waals surface area contributed by atoms with Gasteiger partial charge in [0.2, 0.25) is 5.88 Å². The summed E-state index contributed by atoms with van der Waals surface area (Å²) in [6.07, 6.45) is 0. The molecule has 0 amide bonds. The van der Waals surface area contributed by atoms with Gasteiger partial charge in [0.25, 0.3) is 6.71 Å². The van der Waals surface area contributed by atoms with Gasteiger partial charge in [0, 0.05) is 49.8 Å². The van der Waals surface area contributed by atoms with Crippen LogP contribution < -0.4 is 26.2 Å². The van der Waals surface area contributed by atoms with Crippen molar-refractivity contribution >= 4 is 90.3 Å². The zero-order chi connectivity index (χ0) is 48.0. The van der Waals surface area contributed by atoms with Crippen LogP contribution in [0.2, 0.25) is 0 Å². The lowest BCUT2D eigenvalue weighted by molar-refractivity contribution is 0.589. The number of nitrogens with zero attached hydrogens (tertiary/aromatic N) is 2. The molecule has 7 aromatic carbocycles. The van der Waals surface area contributed by atoms with Gasteiger partial charge in [0.1, 0.15) is 28.3 Å². The molecule has 0 N–H and O–H groups in total. The summed E-state index contributed by atoms with van der Waals surface area (Å²) in [5.41, 5.74) is 22.8. The molecule has 0 atom stereocenters. The maximum Gasteiger partial charge on any atom is 0.257 e. The molecule has 342 valence electrons. The van der Waals surface area contributed by atoms with E-state index in [1.807, 2.05) is 18.2 Å². The highest BCUT2D eigenvalue weighted by molar-refractivity contribution is 7.01. The van der Waals surface area contributed by atoms with Gasteiger partial charge in [-0.2, -0.15) is 0 Å². The first-order valence-electron chi connectivity index (χ1n) is 24.6. The number of benzene rings is 7. The van der Waals surface area contributed by atoms with Crippen LogP contribution in [-0.2, 0) is 10.8 Å². The Balaban J connectivity index is 1.18. The van der Waals surface area contributed by atoms with E-state index in [9.17, 15) is 0 Å². The van der Waals surface area contributed by atoms with E-state index in [0.29, 0.717) is 0 Å². The summed E-state index contributed by atoms with van der Waals surface area (Å²) in [6.45, 7) is 27.4. The summed E-state index contributed by atoms with van der Waals surface area (Å²) in [6, 6.07) is 49.1. The lowest BCUT2D eigenvalue weighted by atomic mass is 9.33. The summed E-state index contributed by atoms with van der Waals surface area (Å²) >= 11 is 0. The van der Waals surface area contributed by atoms with E-state index >= 15 is 0 Å². The number of rotatable bonds is 5. The third-order valence-electron chi connectivity index (χ3n) is 15.0. The van der Waals surface area contributed by atoms with Crippen molar-refractivity contribution in [2.75, 3.05) is 9.80 Å². The van der Waals surface area contributed by atoms with E-state index < -0.39 is 0 Å². The van der Waals surface area contributed by atoms with E-state index in [4.69, 9.17) is 13.3 Å². The minimum atomic E-state index is -0.139. The molecule has 0 spiro atoms. The van der Waals surface area contributed by atoms with Crippen LogP contribution in [0.1, 0.15) is 100 Å². The Bertz CT molecular complexity index is 3640. The normalized spacial score (nSPS) is 13.6. The lowest BCUT2D eigenvalue weighted by Crippen LogP contribution is -2.61. The van der Waals surface area contributed by atoms with Crippen molar-refractivity contribution in [3.8, 4) is 22.6 Å². The van der Waals surface area contributed by atoms with Gasteiger partial charge >= 0.3 is 0 Å². The van der Waals surface area contributed by atoms with E-state index in [2.05, 4.69) is 208 Å². The van der Waals surface area contributed by atoms with E-state index in [1.165, 1.54) is 55.6 Å². The fourth-order valence-corrected chi connectivity index (χ4v) is 11.4. The predicted molar refractivity (Wildman–Crippen MR) is 291 cm³/mol. The molecule has 0 unspecified atom stereocenters. The van der Waals surface area contributed by atoms with Crippen molar-refractivity contribution in [3.63, 3.8) is 0 Å². The van der Waals surface area contributed by atoms with Crippen LogP contribution >= 0.6 is 0 Å². The Kier molecular flexibility index (Phi) is 9.48. The first-order chi connectivity index (χ1) is 32.9. The van der Waals surface area contributed by atoms with Crippen LogP contribution in [0.5, 0.6) is 0 Å². The van der Waals surface area contributed by atoms with Gasteiger partial charge in [-0.15, -0.1) is 0 Å². The molecule has 0 aliphatic carbocycles. The van der Waals surface area contributed by atoms with Gasteiger partial charge in [-0.05, 0) is 161 Å². The van der Waals surface area contributed by atoms with Gasteiger partial charge in [0.05, 0.1) is 11.4 Å². The SMILES string of the molecule is Cc1cc(C(C)(C)C)cc(C)c1N1c2cc(-c3cc4ccccc4o3)ccc2B2c3c1cc(C(C)C)cc3N(c1c(C)cc(-c3cc4ccccc4o3)cc1C)c1oc3ccc(C(C)(C)C)cc3c12. The standard InChI is InChI=1S/C63H59BN2O3/c1-35(2)43-30-50-58-51(31-43)66(60-36(3)25-44(26-37(60)4)56-33-41-18-14-16-20-53(41)68-56)61-57(47-34-45(62(7,8)9)22-24-54(47)69-61)64(58)48-23-21-42(55-32-40-17-13-15-19-52(40)67-55)29-49(48)65(50)59-38(5)27-46(28-39(59)6)63(10,11)12/h13-35H,1-12H3. The number of fused-ring (bicyclic) bond motifs is 8. The maximum atomic E-state index is 7.36. The summed E-state index contributed by atoms with van der Waals surface area (Å²) in [5.74, 6) is 2.83. The lowest BCUT2D eigenvalue weighted by Gasteiger charge is -2.44. The average Bonchev–Trinajstić information content (AvgIpc) is 4.04. The molecule has 10 aromatic rings. The molecule has 3 aromatic heterocycles. The monoisotopic (exact) mass is 902 g/mol. The van der Waals surface area contributed by atoms with Crippen molar-refractivity contribution in [2.45, 2.75) is 99.8 Å². The van der Waals surface area contributed by atoms with Crippen LogP contribution in [-0.4, -0.2) is 6.71 Å². The number of furan rings is 3. The fraction of sp³-hybridized carbons (Fsp3) is 0.238. The van der Waals surface area contributed by atoms with Crippen molar-refractivity contribution in [1.82, 2.24) is 0 Å². The Morgan fingerprint density at radius 2 is 1.01 bits per heavy atom. The molecule has 69 heavy (non-hydrogen) atoms. The first kappa shape index (κ1) is 43.1. The molecule has 5 nitrogen and oxygen atoms in total. The fourth-order valence-electron chi connectivity index (χ4n) is 11.4. The largest absolute Gasteiger partial charge is 0.456 e. The second-order valence-corrected chi connectivity index (χ2v) is 22.3. The van der Waals surface area contributed by atoms with Gasteiger partial charge < -0.3 is 18.2 Å². The Morgan fingerprint density at radius 1 is 0.464 bits per heavy atom. The topological polar surface area (TPSA) is 45.9 Å². The predicted octanol–water partition coefficient (Wildman–Crippen LogP) is 16.3. The van der Waals surface area contributed by atoms with Crippen molar-refractivity contribution < 1.29 is 13.3 Å². The Morgan fingerprint density at radius 3 is 1.59 bits per heavy atom. The molecule has 0 radical (unpaired) electrons. The summed E-state index contributed by atoms with van der Waals surface area (Å²) in [7, 11) is 0. The zero-order valence-electron chi connectivity index (χ0n) is 42.0. The van der Waals surface area contributed by atoms with Gasteiger partial charge in [-0.3, -0.25) is 4.90 Å². The van der Waals surface area contributed by atoms with Gasteiger partial charge in [-0.25, -0.2) is 0 Å². The molecule has 2 aliphatic rings. The zero-order valence-corrected chi connectivity index (χ0v) is 42.0. The molecular weight excluding hydrogens is 844 g/mol. The van der Waals surface area contributed by atoms with E-state index in [1.54, 1.807) is 0 Å². The Hall–Kier alpha value is -7.18. The highest BCUT2D eigenvalue weighted by Crippen LogP contribution is 2.51. The summed E-state index contributed by atoms with van der Waals surface area (Å²) in [4.78, 5) is 5.06. The maximum absolute atomic E-state index is 7.36. The summed E-state index contributed by atoms with van der Waals surface area (Å²) < 4.78 is 20.5. The van der Waals surface area contributed by atoms with Crippen molar-refractivity contribution in [1.29, 1.82) is 0 Å². The molecule has 12 rings (SSSR count). The van der Waals surface area contributed by atoms with Gasteiger partial charge in [-0.1, -0.05) is 122 Å². The number of hydrogen-bond acceptors (Lipinski definition) is 5. The highest BCUT2D eigenvalue weighted by atomic mass is 16.4. The molecule has 0 saturated carbocycles. The van der Waals surface area contributed by atoms with Crippen LogP contribution in [0, 0.1) is 27.7 Å². The molecule has 0 fully saturated rings. The average molecular weight is 903 g/mol. The number of hydrogen-bond donors (Lipinski definition) is 0. The number of anilines is 6. The third kappa shape index (κ3) is 6.73. The van der Waals surface area contributed by atoms with E-state index in [-0.39, 0.29) is 23.5 Å². The number of aryl methyl sites for hydroxylation is 4. The second-order valence-electron chi connectivity index (χ2n) is 22.3. The molecule has 5 heterocycles.